The number of hydrogen-bond acceptors (Lipinski definition) is 1. The number of fused-ring (bicyclic) bond motifs is 3. The predicted molar refractivity (Wildman–Crippen MR) is 116 cm³/mol. The average molecular weight is 369 g/mol. The third-order valence-electron chi connectivity index (χ3n) is 6.27. The molecule has 0 unspecified atom stereocenters. The van der Waals surface area contributed by atoms with Crippen LogP contribution < -0.4 is 9.30 Å². The summed E-state index contributed by atoms with van der Waals surface area (Å²) in [4.78, 5) is 0. The Morgan fingerprint density at radius 3 is 2.46 bits per heavy atom. The van der Waals surface area contributed by atoms with Crippen LogP contribution in [-0.2, 0) is 7.05 Å². The molecule has 2 nitrogen and oxygen atoms in total. The van der Waals surface area contributed by atoms with Crippen molar-refractivity contribution < 1.29 is 9.30 Å². The van der Waals surface area contributed by atoms with Crippen LogP contribution >= 0.6 is 0 Å². The Bertz CT molecular complexity index is 1300. The number of benzene rings is 3. The highest BCUT2D eigenvalue weighted by Crippen LogP contribution is 2.48. The van der Waals surface area contributed by atoms with Gasteiger partial charge in [0, 0.05) is 17.5 Å². The molecule has 4 aromatic rings. The highest BCUT2D eigenvalue weighted by atomic mass is 16.5. The Labute approximate surface area is 166 Å². The molecule has 2 heteroatoms. The first kappa shape index (κ1) is 17.2. The molecule has 28 heavy (non-hydrogen) atoms. The highest BCUT2D eigenvalue weighted by Gasteiger charge is 2.32. The van der Waals surface area contributed by atoms with Crippen molar-refractivity contribution in [3.63, 3.8) is 0 Å². The van der Waals surface area contributed by atoms with Crippen molar-refractivity contribution in [3.05, 3.63) is 64.7 Å². The molecule has 140 valence electrons. The predicted octanol–water partition coefficient (Wildman–Crippen LogP) is 6.64. The van der Waals surface area contributed by atoms with Crippen LogP contribution in [-0.4, -0.2) is 0 Å². The Balaban J connectivity index is 1.98. The zero-order valence-electron chi connectivity index (χ0n) is 17.5. The number of pyridine rings is 1. The summed E-state index contributed by atoms with van der Waals surface area (Å²) in [5.74, 6) is 2.39. The lowest BCUT2D eigenvalue weighted by Crippen LogP contribution is -2.34. The first-order chi connectivity index (χ1) is 13.4. The maximum Gasteiger partial charge on any atom is 0.256 e. The molecule has 1 aromatic heterocycles. The van der Waals surface area contributed by atoms with Crippen LogP contribution in [0.4, 0.5) is 0 Å². The van der Waals surface area contributed by atoms with E-state index in [1.165, 1.54) is 55.2 Å². The molecule has 3 aromatic carbocycles. The zero-order chi connectivity index (χ0) is 19.7. The van der Waals surface area contributed by atoms with E-state index in [9.17, 15) is 0 Å². The normalized spacial score (nSPS) is 12.5. The first-order valence-corrected chi connectivity index (χ1v) is 10.0. The highest BCUT2D eigenvalue weighted by molar-refractivity contribution is 6.05. The van der Waals surface area contributed by atoms with Crippen LogP contribution in [0.1, 0.15) is 42.0 Å². The van der Waals surface area contributed by atoms with E-state index in [0.717, 1.165) is 11.5 Å². The van der Waals surface area contributed by atoms with Crippen LogP contribution in [0.25, 0.3) is 32.9 Å². The monoisotopic (exact) mass is 368 g/mol. The summed E-state index contributed by atoms with van der Waals surface area (Å²) in [5, 5.41) is 3.77. The van der Waals surface area contributed by atoms with E-state index >= 15 is 0 Å². The van der Waals surface area contributed by atoms with E-state index in [4.69, 9.17) is 4.74 Å². The molecule has 2 heterocycles. The van der Waals surface area contributed by atoms with Crippen LogP contribution in [0.3, 0.4) is 0 Å². The standard InChI is InChI=1S/C26H26NO/c1-14(2)19-8-7-9-21-20(19)13-23-26(27(21)6)24-17(5)16(4)12-18-10-15(3)11-22(28-23)25(18)24/h7-14H,1-6H3/q+1. The van der Waals surface area contributed by atoms with E-state index in [1.54, 1.807) is 0 Å². The average Bonchev–Trinajstić information content (AvgIpc) is 2.64. The Kier molecular flexibility index (Phi) is 3.58. The van der Waals surface area contributed by atoms with Gasteiger partial charge in [-0.25, -0.2) is 0 Å². The number of rotatable bonds is 1. The minimum Gasteiger partial charge on any atom is -0.450 e. The second-order valence-electron chi connectivity index (χ2n) is 8.51. The molecule has 0 fully saturated rings. The van der Waals surface area contributed by atoms with E-state index in [2.05, 4.69) is 88.7 Å². The van der Waals surface area contributed by atoms with Crippen molar-refractivity contribution in [1.29, 1.82) is 0 Å². The number of nitrogens with zero attached hydrogens (tertiary/aromatic N) is 1. The number of aromatic nitrogens is 1. The lowest BCUT2D eigenvalue weighted by atomic mass is 9.89. The summed E-state index contributed by atoms with van der Waals surface area (Å²) in [6.45, 7) is 11.1. The van der Waals surface area contributed by atoms with Gasteiger partial charge in [-0.2, -0.15) is 4.57 Å². The van der Waals surface area contributed by atoms with Crippen molar-refractivity contribution in [1.82, 2.24) is 0 Å². The van der Waals surface area contributed by atoms with E-state index in [1.807, 2.05) is 0 Å². The first-order valence-electron chi connectivity index (χ1n) is 10.0. The van der Waals surface area contributed by atoms with Crippen molar-refractivity contribution in [2.75, 3.05) is 0 Å². The van der Waals surface area contributed by atoms with Gasteiger partial charge in [0.05, 0.1) is 10.9 Å². The fraction of sp³-hybridized carbons (Fsp3) is 0.269. The van der Waals surface area contributed by atoms with Gasteiger partial charge in [-0.1, -0.05) is 38.1 Å². The topological polar surface area (TPSA) is 13.1 Å². The zero-order valence-corrected chi connectivity index (χ0v) is 17.5. The van der Waals surface area contributed by atoms with Crippen molar-refractivity contribution in [2.24, 2.45) is 7.05 Å². The number of hydrogen-bond donors (Lipinski definition) is 0. The molecule has 0 radical (unpaired) electrons. The van der Waals surface area contributed by atoms with Crippen LogP contribution in [0, 0.1) is 20.8 Å². The van der Waals surface area contributed by atoms with Gasteiger partial charge in [0.15, 0.2) is 5.75 Å². The smallest absolute Gasteiger partial charge is 0.256 e. The molecule has 0 atom stereocenters. The summed E-state index contributed by atoms with van der Waals surface area (Å²) in [6, 6.07) is 15.6. The van der Waals surface area contributed by atoms with Crippen molar-refractivity contribution >= 4 is 21.7 Å². The van der Waals surface area contributed by atoms with Gasteiger partial charge < -0.3 is 4.74 Å². The van der Waals surface area contributed by atoms with Gasteiger partial charge in [-0.05, 0) is 60.4 Å². The molecule has 0 N–H and O–H groups in total. The Hall–Kier alpha value is -2.87. The van der Waals surface area contributed by atoms with Gasteiger partial charge in [-0.15, -0.1) is 0 Å². The summed E-state index contributed by atoms with van der Waals surface area (Å²) in [5.41, 5.74) is 8.98. The number of aryl methyl sites for hydroxylation is 3. The molecule has 0 saturated carbocycles. The largest absolute Gasteiger partial charge is 0.450 e. The minimum absolute atomic E-state index is 0.465. The van der Waals surface area contributed by atoms with Crippen molar-refractivity contribution in [2.45, 2.75) is 40.5 Å². The Morgan fingerprint density at radius 2 is 1.71 bits per heavy atom. The van der Waals surface area contributed by atoms with Crippen LogP contribution in [0.15, 0.2) is 42.5 Å². The number of ether oxygens (including phenoxy) is 1. The molecule has 0 spiro atoms. The minimum atomic E-state index is 0.465. The fourth-order valence-corrected chi connectivity index (χ4v) is 4.76. The molecule has 1 aliphatic heterocycles. The molecule has 0 saturated heterocycles. The molecule has 0 amide bonds. The van der Waals surface area contributed by atoms with Crippen molar-refractivity contribution in [3.8, 4) is 22.8 Å². The molecule has 0 bridgehead atoms. The fourth-order valence-electron chi connectivity index (χ4n) is 4.76. The van der Waals surface area contributed by atoms with Gasteiger partial charge in [0.25, 0.3) is 5.69 Å². The third kappa shape index (κ3) is 2.24. The van der Waals surface area contributed by atoms with E-state index in [0.29, 0.717) is 5.92 Å². The molecular weight excluding hydrogens is 342 g/mol. The second-order valence-corrected chi connectivity index (χ2v) is 8.51. The molecule has 1 aliphatic rings. The lowest BCUT2D eigenvalue weighted by Gasteiger charge is -2.23. The maximum absolute atomic E-state index is 6.53. The lowest BCUT2D eigenvalue weighted by molar-refractivity contribution is -0.633. The van der Waals surface area contributed by atoms with Gasteiger partial charge >= 0.3 is 0 Å². The molecule has 0 aliphatic carbocycles. The van der Waals surface area contributed by atoms with E-state index in [-0.39, 0.29) is 0 Å². The quantitative estimate of drug-likeness (QED) is 0.302. The van der Waals surface area contributed by atoms with Gasteiger partial charge in [0.2, 0.25) is 5.52 Å². The maximum atomic E-state index is 6.53. The van der Waals surface area contributed by atoms with E-state index < -0.39 is 0 Å². The summed E-state index contributed by atoms with van der Waals surface area (Å²) in [7, 11) is 2.17. The second kappa shape index (κ2) is 5.81. The Morgan fingerprint density at radius 1 is 0.929 bits per heavy atom. The summed E-state index contributed by atoms with van der Waals surface area (Å²) >= 11 is 0. The summed E-state index contributed by atoms with van der Waals surface area (Å²) in [6.07, 6.45) is 0. The molecular formula is C26H26NO+. The van der Waals surface area contributed by atoms with Crippen LogP contribution in [0.2, 0.25) is 0 Å². The SMILES string of the molecule is Cc1cc2c3c(c(C)c(C)cc3c1)-c1c(cc3c(C(C)C)cccc3[n+]1C)O2. The third-order valence-corrected chi connectivity index (χ3v) is 6.27. The van der Waals surface area contributed by atoms with Gasteiger partial charge in [-0.3, -0.25) is 0 Å². The summed E-state index contributed by atoms with van der Waals surface area (Å²) < 4.78 is 8.85. The van der Waals surface area contributed by atoms with Crippen LogP contribution in [0.5, 0.6) is 11.5 Å². The molecule has 5 rings (SSSR count). The van der Waals surface area contributed by atoms with Gasteiger partial charge in [0.1, 0.15) is 12.8 Å².